The number of carbonyl (C=O) groups is 3. The van der Waals surface area contributed by atoms with Crippen LogP contribution in [0.2, 0.25) is 0 Å². The summed E-state index contributed by atoms with van der Waals surface area (Å²) in [5, 5.41) is 6.23. The number of esters is 1. The molecule has 0 saturated carbocycles. The number of hydrogen-bond donors (Lipinski definition) is 2. The van der Waals surface area contributed by atoms with Crippen LogP contribution in [-0.2, 0) is 9.59 Å². The lowest BCUT2D eigenvalue weighted by Crippen LogP contribution is -2.32. The van der Waals surface area contributed by atoms with Gasteiger partial charge in [0.15, 0.2) is 11.5 Å². The Morgan fingerprint density at radius 3 is 2.21 bits per heavy atom. The lowest BCUT2D eigenvalue weighted by Gasteiger charge is -2.10. The second-order valence-electron chi connectivity index (χ2n) is 6.55. The third kappa shape index (κ3) is 6.41. The van der Waals surface area contributed by atoms with Crippen molar-refractivity contribution in [2.45, 2.75) is 0 Å². The molecule has 0 bridgehead atoms. The summed E-state index contributed by atoms with van der Waals surface area (Å²) in [4.78, 5) is 36.2. The minimum Gasteiger partial charge on any atom is -0.497 e. The highest BCUT2D eigenvalue weighted by molar-refractivity contribution is 6.39. The summed E-state index contributed by atoms with van der Waals surface area (Å²) in [6.45, 7) is 0. The predicted molar refractivity (Wildman–Crippen MR) is 122 cm³/mol. The third-order valence-corrected chi connectivity index (χ3v) is 4.33. The van der Waals surface area contributed by atoms with Crippen LogP contribution in [0.4, 0.5) is 5.69 Å². The first-order chi connectivity index (χ1) is 16.0. The molecule has 3 aromatic rings. The molecule has 0 saturated heterocycles. The Labute approximate surface area is 190 Å². The quantitative estimate of drug-likeness (QED) is 0.189. The van der Waals surface area contributed by atoms with Crippen LogP contribution in [0.5, 0.6) is 17.2 Å². The fourth-order valence-corrected chi connectivity index (χ4v) is 2.66. The van der Waals surface area contributed by atoms with Crippen molar-refractivity contribution in [2.24, 2.45) is 5.10 Å². The van der Waals surface area contributed by atoms with Gasteiger partial charge in [0.25, 0.3) is 0 Å². The maximum absolute atomic E-state index is 12.2. The van der Waals surface area contributed by atoms with E-state index >= 15 is 0 Å². The molecule has 0 atom stereocenters. The number of hydrogen-bond acceptors (Lipinski definition) is 7. The van der Waals surface area contributed by atoms with E-state index < -0.39 is 17.8 Å². The van der Waals surface area contributed by atoms with Crippen LogP contribution in [0.3, 0.4) is 0 Å². The van der Waals surface area contributed by atoms with E-state index in [0.717, 1.165) is 0 Å². The minimum absolute atomic E-state index is 0.228. The molecule has 2 N–H and O–H groups in total. The number of methoxy groups -OCH3 is 2. The average molecular weight is 447 g/mol. The first-order valence-corrected chi connectivity index (χ1v) is 9.74. The number of carbonyl (C=O) groups excluding carboxylic acids is 3. The van der Waals surface area contributed by atoms with E-state index in [1.807, 2.05) is 0 Å². The van der Waals surface area contributed by atoms with E-state index in [0.29, 0.717) is 28.3 Å². The number of nitrogens with one attached hydrogen (secondary N) is 2. The fourth-order valence-electron chi connectivity index (χ4n) is 2.66. The number of ether oxygens (including phenoxy) is 3. The third-order valence-electron chi connectivity index (χ3n) is 4.33. The zero-order valence-corrected chi connectivity index (χ0v) is 17.9. The van der Waals surface area contributed by atoms with Crippen molar-refractivity contribution < 1.29 is 28.6 Å². The van der Waals surface area contributed by atoms with Crippen LogP contribution in [-0.4, -0.2) is 38.2 Å². The Kier molecular flexibility index (Phi) is 7.74. The first kappa shape index (κ1) is 23.0. The normalized spacial score (nSPS) is 10.4. The molecule has 9 heteroatoms. The van der Waals surface area contributed by atoms with Gasteiger partial charge in [-0.3, -0.25) is 9.59 Å². The second kappa shape index (κ2) is 11.1. The van der Waals surface area contributed by atoms with Gasteiger partial charge < -0.3 is 19.5 Å². The summed E-state index contributed by atoms with van der Waals surface area (Å²) in [5.74, 6) is -1.19. The lowest BCUT2D eigenvalue weighted by molar-refractivity contribution is -0.136. The minimum atomic E-state index is -0.942. The van der Waals surface area contributed by atoms with Crippen molar-refractivity contribution >= 4 is 29.7 Å². The number of benzene rings is 3. The summed E-state index contributed by atoms with van der Waals surface area (Å²) >= 11 is 0. The topological polar surface area (TPSA) is 115 Å². The molecular weight excluding hydrogens is 426 g/mol. The van der Waals surface area contributed by atoms with Gasteiger partial charge in [0.1, 0.15) is 5.75 Å². The molecule has 2 amide bonds. The molecule has 0 spiro atoms. The zero-order valence-electron chi connectivity index (χ0n) is 17.9. The van der Waals surface area contributed by atoms with Crippen molar-refractivity contribution in [1.29, 1.82) is 0 Å². The highest BCUT2D eigenvalue weighted by atomic mass is 16.6. The Bertz CT molecular complexity index is 1160. The Hall–Kier alpha value is -4.66. The maximum atomic E-state index is 12.2. The number of nitrogens with zero attached hydrogens (tertiary/aromatic N) is 1. The summed E-state index contributed by atoms with van der Waals surface area (Å²) in [6, 6.07) is 19.8. The molecule has 3 aromatic carbocycles. The van der Waals surface area contributed by atoms with Crippen molar-refractivity contribution in [3.05, 3.63) is 83.9 Å². The van der Waals surface area contributed by atoms with Gasteiger partial charge in [-0.25, -0.2) is 10.2 Å². The molecule has 33 heavy (non-hydrogen) atoms. The number of anilines is 1. The number of rotatable bonds is 7. The van der Waals surface area contributed by atoms with Gasteiger partial charge in [-0.15, -0.1) is 0 Å². The van der Waals surface area contributed by atoms with Crippen LogP contribution in [0.15, 0.2) is 77.9 Å². The second-order valence-corrected chi connectivity index (χ2v) is 6.55. The van der Waals surface area contributed by atoms with E-state index in [-0.39, 0.29) is 5.75 Å². The monoisotopic (exact) mass is 447 g/mol. The van der Waals surface area contributed by atoms with Gasteiger partial charge in [-0.1, -0.05) is 18.2 Å². The van der Waals surface area contributed by atoms with Crippen LogP contribution < -0.4 is 25.0 Å². The molecule has 0 aromatic heterocycles. The summed E-state index contributed by atoms with van der Waals surface area (Å²) in [6.07, 6.45) is 1.32. The highest BCUT2D eigenvalue weighted by Crippen LogP contribution is 2.28. The number of hydrazone groups is 1. The van der Waals surface area contributed by atoms with Crippen molar-refractivity contribution in [1.82, 2.24) is 5.43 Å². The van der Waals surface area contributed by atoms with E-state index in [4.69, 9.17) is 14.2 Å². The van der Waals surface area contributed by atoms with Gasteiger partial charge in [0.05, 0.1) is 26.0 Å². The molecule has 0 aliphatic heterocycles. The Morgan fingerprint density at radius 2 is 1.55 bits per heavy atom. The van der Waals surface area contributed by atoms with Gasteiger partial charge in [-0.05, 0) is 60.2 Å². The fraction of sp³-hybridized carbons (Fsp3) is 0.0833. The first-order valence-electron chi connectivity index (χ1n) is 9.74. The SMILES string of the molecule is COc1ccc(NC(=O)C(=O)N/N=C\c2ccc(OC(=O)c3ccccc3)c(OC)c2)cc1. The molecule has 168 valence electrons. The van der Waals surface area contributed by atoms with E-state index in [2.05, 4.69) is 15.8 Å². The standard InChI is InChI=1S/C24H21N3O6/c1-31-19-11-9-18(10-12-19)26-22(28)23(29)27-25-15-16-8-13-20(21(14-16)32-2)33-24(30)17-6-4-3-5-7-17/h3-15H,1-2H3,(H,26,28)(H,27,29)/b25-15-. The van der Waals surface area contributed by atoms with E-state index in [1.165, 1.54) is 20.4 Å². The molecule has 0 aliphatic carbocycles. The molecule has 0 heterocycles. The summed E-state index contributed by atoms with van der Waals surface area (Å²) < 4.78 is 15.7. The largest absolute Gasteiger partial charge is 0.497 e. The van der Waals surface area contributed by atoms with Crippen molar-refractivity contribution in [2.75, 3.05) is 19.5 Å². The van der Waals surface area contributed by atoms with Crippen LogP contribution in [0.1, 0.15) is 15.9 Å². The van der Waals surface area contributed by atoms with Crippen molar-refractivity contribution in [3.8, 4) is 17.2 Å². The van der Waals surface area contributed by atoms with E-state index in [9.17, 15) is 14.4 Å². The summed E-state index contributed by atoms with van der Waals surface area (Å²) in [7, 11) is 2.96. The molecule has 9 nitrogen and oxygen atoms in total. The molecule has 0 radical (unpaired) electrons. The number of amides is 2. The maximum Gasteiger partial charge on any atom is 0.343 e. The molecule has 0 fully saturated rings. The van der Waals surface area contributed by atoms with Crippen LogP contribution in [0, 0.1) is 0 Å². The molecule has 3 rings (SSSR count). The molecule has 0 unspecified atom stereocenters. The van der Waals surface area contributed by atoms with Crippen LogP contribution >= 0.6 is 0 Å². The van der Waals surface area contributed by atoms with Crippen LogP contribution in [0.25, 0.3) is 0 Å². The van der Waals surface area contributed by atoms with Crippen molar-refractivity contribution in [3.63, 3.8) is 0 Å². The highest BCUT2D eigenvalue weighted by Gasteiger charge is 2.14. The van der Waals surface area contributed by atoms with Gasteiger partial charge in [0.2, 0.25) is 0 Å². The molecule has 0 aliphatic rings. The van der Waals surface area contributed by atoms with Gasteiger partial charge >= 0.3 is 17.8 Å². The Morgan fingerprint density at radius 1 is 0.818 bits per heavy atom. The predicted octanol–water partition coefficient (Wildman–Crippen LogP) is 3.01. The van der Waals surface area contributed by atoms with E-state index in [1.54, 1.807) is 72.8 Å². The average Bonchev–Trinajstić information content (AvgIpc) is 2.85. The summed E-state index contributed by atoms with van der Waals surface area (Å²) in [5.41, 5.74) is 3.53. The smallest absolute Gasteiger partial charge is 0.343 e. The zero-order chi connectivity index (χ0) is 23.6. The van der Waals surface area contributed by atoms with Gasteiger partial charge in [-0.2, -0.15) is 5.10 Å². The van der Waals surface area contributed by atoms with Gasteiger partial charge in [0, 0.05) is 5.69 Å². The molecular formula is C24H21N3O6. The Balaban J connectivity index is 1.58. The lowest BCUT2D eigenvalue weighted by atomic mass is 10.2.